The van der Waals surface area contributed by atoms with Gasteiger partial charge in [0, 0.05) is 44.8 Å². The van der Waals surface area contributed by atoms with Crippen LogP contribution in [-0.2, 0) is 16.1 Å². The molecule has 2 heterocycles. The van der Waals surface area contributed by atoms with Gasteiger partial charge in [-0.2, -0.15) is 0 Å². The molecule has 1 aliphatic heterocycles. The van der Waals surface area contributed by atoms with E-state index in [4.69, 9.17) is 0 Å². The average Bonchev–Trinajstić information content (AvgIpc) is 2.91. The Morgan fingerprint density at radius 1 is 1.00 bits per heavy atom. The van der Waals surface area contributed by atoms with E-state index in [0.29, 0.717) is 32.7 Å². The van der Waals surface area contributed by atoms with E-state index in [1.54, 1.807) is 11.8 Å². The van der Waals surface area contributed by atoms with Gasteiger partial charge in [0.2, 0.25) is 11.8 Å². The highest BCUT2D eigenvalue weighted by Gasteiger charge is 2.22. The summed E-state index contributed by atoms with van der Waals surface area (Å²) in [5, 5.41) is 1.15. The van der Waals surface area contributed by atoms with Crippen molar-refractivity contribution in [2.75, 3.05) is 26.2 Å². The molecule has 1 aliphatic rings. The predicted octanol–water partition coefficient (Wildman–Crippen LogP) is 1.33. The minimum Gasteiger partial charge on any atom is -0.339 e. The normalized spacial score (nSPS) is 15.5. The van der Waals surface area contributed by atoms with Crippen molar-refractivity contribution < 1.29 is 9.59 Å². The number of aromatic nitrogens is 1. The van der Waals surface area contributed by atoms with Crippen LogP contribution in [0.4, 0.5) is 0 Å². The van der Waals surface area contributed by atoms with Gasteiger partial charge in [0.15, 0.2) is 0 Å². The monoisotopic (exact) mass is 285 g/mol. The number of nitrogens with zero attached hydrogens (tertiary/aromatic N) is 3. The lowest BCUT2D eigenvalue weighted by molar-refractivity contribution is -0.138. The molecule has 3 rings (SSSR count). The van der Waals surface area contributed by atoms with Crippen molar-refractivity contribution in [2.24, 2.45) is 0 Å². The van der Waals surface area contributed by atoms with Crippen molar-refractivity contribution in [3.63, 3.8) is 0 Å². The highest BCUT2D eigenvalue weighted by molar-refractivity contribution is 5.83. The number of hydrogen-bond donors (Lipinski definition) is 0. The van der Waals surface area contributed by atoms with Crippen LogP contribution in [0.5, 0.6) is 0 Å². The molecule has 0 saturated carbocycles. The maximum absolute atomic E-state index is 12.4. The molecule has 0 atom stereocenters. The maximum Gasteiger partial charge on any atom is 0.242 e. The second-order valence-electron chi connectivity index (χ2n) is 5.39. The molecule has 21 heavy (non-hydrogen) atoms. The topological polar surface area (TPSA) is 45.6 Å². The van der Waals surface area contributed by atoms with E-state index in [1.165, 1.54) is 0 Å². The van der Waals surface area contributed by atoms with Crippen molar-refractivity contribution >= 4 is 22.7 Å². The Kier molecular flexibility index (Phi) is 3.64. The van der Waals surface area contributed by atoms with Gasteiger partial charge in [-0.05, 0) is 17.5 Å². The molecule has 5 heteroatoms. The highest BCUT2D eigenvalue weighted by Crippen LogP contribution is 2.15. The molecular formula is C16H19N3O2. The number of hydrogen-bond acceptors (Lipinski definition) is 2. The summed E-state index contributed by atoms with van der Waals surface area (Å²) in [5.41, 5.74) is 1.08. The fourth-order valence-electron chi connectivity index (χ4n) is 2.79. The lowest BCUT2D eigenvalue weighted by atomic mass is 10.2. The lowest BCUT2D eigenvalue weighted by Gasteiger charge is -2.34. The van der Waals surface area contributed by atoms with Crippen LogP contribution in [0.15, 0.2) is 36.5 Å². The first-order valence-corrected chi connectivity index (χ1v) is 7.22. The summed E-state index contributed by atoms with van der Waals surface area (Å²) in [7, 11) is 0. The van der Waals surface area contributed by atoms with E-state index in [-0.39, 0.29) is 11.8 Å². The molecule has 1 saturated heterocycles. The van der Waals surface area contributed by atoms with Gasteiger partial charge in [-0.1, -0.05) is 18.2 Å². The van der Waals surface area contributed by atoms with Crippen LogP contribution < -0.4 is 0 Å². The molecule has 5 nitrogen and oxygen atoms in total. The average molecular weight is 285 g/mol. The molecule has 2 aromatic rings. The van der Waals surface area contributed by atoms with Crippen LogP contribution in [0.2, 0.25) is 0 Å². The molecule has 0 N–H and O–H groups in total. The number of para-hydroxylation sites is 1. The molecule has 2 amide bonds. The van der Waals surface area contributed by atoms with E-state index in [2.05, 4.69) is 0 Å². The van der Waals surface area contributed by atoms with Crippen molar-refractivity contribution in [3.05, 3.63) is 36.5 Å². The van der Waals surface area contributed by atoms with E-state index in [1.807, 2.05) is 46.0 Å². The van der Waals surface area contributed by atoms with E-state index >= 15 is 0 Å². The Bertz CT molecular complexity index is 669. The molecule has 0 spiro atoms. The van der Waals surface area contributed by atoms with Crippen molar-refractivity contribution in [2.45, 2.75) is 13.5 Å². The summed E-state index contributed by atoms with van der Waals surface area (Å²) in [6, 6.07) is 10.1. The molecule has 1 aromatic heterocycles. The fourth-order valence-corrected chi connectivity index (χ4v) is 2.79. The molecular weight excluding hydrogens is 266 g/mol. The van der Waals surface area contributed by atoms with Gasteiger partial charge < -0.3 is 14.4 Å². The Morgan fingerprint density at radius 2 is 1.67 bits per heavy atom. The lowest BCUT2D eigenvalue weighted by Crippen LogP contribution is -2.50. The van der Waals surface area contributed by atoms with Crippen LogP contribution in [0, 0.1) is 0 Å². The summed E-state index contributed by atoms with van der Waals surface area (Å²) in [6.45, 7) is 4.44. The quantitative estimate of drug-likeness (QED) is 0.835. The summed E-state index contributed by atoms with van der Waals surface area (Å²) in [5.74, 6) is 0.193. The van der Waals surface area contributed by atoms with Gasteiger partial charge in [-0.25, -0.2) is 0 Å². The molecule has 0 radical (unpaired) electrons. The predicted molar refractivity (Wildman–Crippen MR) is 80.8 cm³/mol. The zero-order valence-corrected chi connectivity index (χ0v) is 12.2. The third-order valence-electron chi connectivity index (χ3n) is 4.06. The summed E-state index contributed by atoms with van der Waals surface area (Å²) >= 11 is 0. The summed E-state index contributed by atoms with van der Waals surface area (Å²) in [6.07, 6.45) is 1.95. The first-order chi connectivity index (χ1) is 10.1. The number of carbonyl (C=O) groups excluding carboxylic acids is 2. The van der Waals surface area contributed by atoms with E-state index < -0.39 is 0 Å². The van der Waals surface area contributed by atoms with E-state index in [0.717, 1.165) is 10.9 Å². The van der Waals surface area contributed by atoms with Crippen molar-refractivity contribution in [1.82, 2.24) is 14.4 Å². The zero-order valence-electron chi connectivity index (χ0n) is 12.2. The first-order valence-electron chi connectivity index (χ1n) is 7.22. The molecule has 1 fully saturated rings. The highest BCUT2D eigenvalue weighted by atomic mass is 16.2. The Hall–Kier alpha value is -2.30. The number of carbonyl (C=O) groups is 2. The summed E-state index contributed by atoms with van der Waals surface area (Å²) in [4.78, 5) is 27.3. The third-order valence-corrected chi connectivity index (χ3v) is 4.06. The molecule has 0 bridgehead atoms. The Labute approximate surface area is 123 Å². The third kappa shape index (κ3) is 2.77. The summed E-state index contributed by atoms with van der Waals surface area (Å²) < 4.78 is 1.98. The van der Waals surface area contributed by atoms with Crippen LogP contribution in [0.3, 0.4) is 0 Å². The van der Waals surface area contributed by atoms with E-state index in [9.17, 15) is 9.59 Å². The minimum absolute atomic E-state index is 0.0819. The number of amides is 2. The smallest absolute Gasteiger partial charge is 0.242 e. The van der Waals surface area contributed by atoms with Crippen LogP contribution in [0.1, 0.15) is 6.92 Å². The van der Waals surface area contributed by atoms with Gasteiger partial charge in [0.25, 0.3) is 0 Å². The standard InChI is InChI=1S/C16H19N3O2/c1-13(20)17-8-10-18(11-9-17)16(21)12-19-7-6-14-4-2-3-5-15(14)19/h2-7H,8-12H2,1H3. The van der Waals surface area contributed by atoms with Crippen molar-refractivity contribution in [3.8, 4) is 0 Å². The largest absolute Gasteiger partial charge is 0.339 e. The Morgan fingerprint density at radius 3 is 2.38 bits per heavy atom. The molecule has 1 aromatic carbocycles. The zero-order chi connectivity index (χ0) is 14.8. The fraction of sp³-hybridized carbons (Fsp3) is 0.375. The molecule has 0 unspecified atom stereocenters. The SMILES string of the molecule is CC(=O)N1CCN(C(=O)Cn2ccc3ccccc32)CC1. The van der Waals surface area contributed by atoms with Crippen molar-refractivity contribution in [1.29, 1.82) is 0 Å². The number of fused-ring (bicyclic) bond motifs is 1. The second-order valence-corrected chi connectivity index (χ2v) is 5.39. The first kappa shape index (κ1) is 13.7. The van der Waals surface area contributed by atoms with Gasteiger partial charge in [0.05, 0.1) is 0 Å². The number of rotatable bonds is 2. The van der Waals surface area contributed by atoms with Gasteiger partial charge in [0.1, 0.15) is 6.54 Å². The number of piperazine rings is 1. The van der Waals surface area contributed by atoms with Crippen LogP contribution in [-0.4, -0.2) is 52.4 Å². The van der Waals surface area contributed by atoms with Crippen LogP contribution in [0.25, 0.3) is 10.9 Å². The minimum atomic E-state index is 0.0819. The van der Waals surface area contributed by atoms with Gasteiger partial charge in [-0.3, -0.25) is 9.59 Å². The van der Waals surface area contributed by atoms with Gasteiger partial charge in [-0.15, -0.1) is 0 Å². The van der Waals surface area contributed by atoms with Gasteiger partial charge >= 0.3 is 0 Å². The van der Waals surface area contributed by atoms with Crippen LogP contribution >= 0.6 is 0 Å². The molecule has 110 valence electrons. The Balaban J connectivity index is 1.66. The maximum atomic E-state index is 12.4. The number of benzene rings is 1. The molecule has 0 aliphatic carbocycles. The second kappa shape index (κ2) is 5.60.